The first-order valence-corrected chi connectivity index (χ1v) is 0. The summed E-state index contributed by atoms with van der Waals surface area (Å²) in [5.41, 5.74) is 0. The second-order valence-electron chi connectivity index (χ2n) is 0. The van der Waals surface area contributed by atoms with Gasteiger partial charge >= 0.3 is 67.4 Å². The molecule has 0 amide bonds. The largest absolute Gasteiger partial charge is 2.00 e. The minimum Gasteiger partial charge on any atom is -0.870 e. The fourth-order valence-corrected chi connectivity index (χ4v) is 0. The van der Waals surface area contributed by atoms with Gasteiger partial charge in [0.1, 0.15) is 0 Å². The molecular weight excluding hydrogens is 355 g/mol. The van der Waals surface area contributed by atoms with E-state index < -0.39 is 0 Å². The molecule has 12 heteroatoms. The van der Waals surface area contributed by atoms with E-state index in [0.29, 0.717) is 0 Å². The summed E-state index contributed by atoms with van der Waals surface area (Å²) in [6.45, 7) is 0. The van der Waals surface area contributed by atoms with Crippen molar-refractivity contribution in [1.29, 1.82) is 0 Å². The second kappa shape index (κ2) is 591. The quantitative estimate of drug-likeness (QED) is 0.460. The minimum atomic E-state index is 0. The van der Waals surface area contributed by atoms with Gasteiger partial charge in [-0.25, -0.2) is 0 Å². The molecule has 0 heterocycles. The van der Waals surface area contributed by atoms with Crippen LogP contribution in [0, 0.1) is 0 Å². The molecule has 0 saturated heterocycles. The van der Waals surface area contributed by atoms with Crippen LogP contribution in [0.25, 0.3) is 0 Å². The number of hydrogen-bond donors (Lipinski definition) is 0. The van der Waals surface area contributed by atoms with Gasteiger partial charge in [-0.3, -0.25) is 0 Å². The van der Waals surface area contributed by atoms with E-state index in [1.54, 1.807) is 0 Å². The van der Waals surface area contributed by atoms with Crippen molar-refractivity contribution in [3.05, 3.63) is 0 Å². The molecule has 0 bridgehead atoms. The maximum Gasteiger partial charge on any atom is 2.00 e. The Bertz CT molecular complexity index is 17.0. The molecular formula is H8CoMn2NiO8. The van der Waals surface area contributed by atoms with Crippen LogP contribution in [0.15, 0.2) is 0 Å². The van der Waals surface area contributed by atoms with Crippen LogP contribution in [-0.4, -0.2) is 43.8 Å². The monoisotopic (exact) mass is 363 g/mol. The SMILES string of the molecule is [Co+2].[Mn+2].[Mn+2].[Ni+2].[OH-].[OH-].[OH-].[OH-].[OH-].[OH-].[OH-].[OH-]. The molecule has 0 atom stereocenters. The van der Waals surface area contributed by atoms with Crippen molar-refractivity contribution in [2.75, 3.05) is 0 Å². The molecule has 0 fully saturated rings. The zero-order valence-electron chi connectivity index (χ0n) is 4.98. The molecule has 0 aliphatic rings. The summed E-state index contributed by atoms with van der Waals surface area (Å²) in [5, 5.41) is 0. The zero-order valence-corrected chi connectivity index (χ0v) is 9.37. The van der Waals surface area contributed by atoms with Gasteiger partial charge in [0.15, 0.2) is 0 Å². The minimum absolute atomic E-state index is 0. The number of hydrogen-bond acceptors (Lipinski definition) is 8. The first kappa shape index (κ1) is 751. The molecule has 0 unspecified atom stereocenters. The standard InChI is InChI=1S/Co.2Mn.Ni.8H2O/h;;;;8*1H2/q4*+2;;;;;;;;/p-8. The van der Waals surface area contributed by atoms with Gasteiger partial charge in [0.2, 0.25) is 0 Å². The number of rotatable bonds is 0. The van der Waals surface area contributed by atoms with Gasteiger partial charge in [0, 0.05) is 0 Å². The van der Waals surface area contributed by atoms with E-state index in [4.69, 9.17) is 0 Å². The average Bonchev–Trinajstić information content (AvgIpc) is 0. The van der Waals surface area contributed by atoms with Gasteiger partial charge in [0.25, 0.3) is 0 Å². The molecule has 0 rings (SSSR count). The molecule has 0 aromatic carbocycles. The normalized spacial score (nSPS) is 0. The molecule has 89 valence electrons. The van der Waals surface area contributed by atoms with E-state index in [2.05, 4.69) is 0 Å². The summed E-state index contributed by atoms with van der Waals surface area (Å²) in [6, 6.07) is 0. The van der Waals surface area contributed by atoms with Gasteiger partial charge in [-0.1, -0.05) is 0 Å². The first-order chi connectivity index (χ1) is 0. The molecule has 0 aromatic rings. The van der Waals surface area contributed by atoms with Crippen molar-refractivity contribution in [3.8, 4) is 0 Å². The average molecular weight is 364 g/mol. The van der Waals surface area contributed by atoms with Crippen LogP contribution >= 0.6 is 0 Å². The Morgan fingerprint density at radius 2 is 0.333 bits per heavy atom. The maximum absolute atomic E-state index is 0. The van der Waals surface area contributed by atoms with Gasteiger partial charge in [-0.05, 0) is 0 Å². The first-order valence-electron chi connectivity index (χ1n) is 0. The van der Waals surface area contributed by atoms with E-state index in [1.807, 2.05) is 0 Å². The molecule has 0 spiro atoms. The summed E-state index contributed by atoms with van der Waals surface area (Å²) >= 11 is 0. The van der Waals surface area contributed by atoms with E-state index in [0.717, 1.165) is 0 Å². The molecule has 0 saturated carbocycles. The predicted octanol–water partition coefficient (Wildman–Crippen LogP) is -1.42. The maximum atomic E-state index is 0. The van der Waals surface area contributed by atoms with E-state index in [1.165, 1.54) is 0 Å². The van der Waals surface area contributed by atoms with Crippen LogP contribution < -0.4 is 0 Å². The molecule has 0 aromatic heterocycles. The van der Waals surface area contributed by atoms with Crippen molar-refractivity contribution in [2.24, 2.45) is 0 Å². The van der Waals surface area contributed by atoms with Gasteiger partial charge < -0.3 is 43.8 Å². The van der Waals surface area contributed by atoms with Crippen molar-refractivity contribution in [1.82, 2.24) is 0 Å². The summed E-state index contributed by atoms with van der Waals surface area (Å²) in [7, 11) is 0. The Morgan fingerprint density at radius 3 is 0.333 bits per heavy atom. The van der Waals surface area contributed by atoms with E-state index >= 15 is 0 Å². The predicted molar refractivity (Wildman–Crippen MR) is 15.5 cm³/mol. The fraction of sp³-hybridized carbons (Fsp3) is 0. The van der Waals surface area contributed by atoms with Crippen LogP contribution in [-0.2, 0) is 67.4 Å². The topological polar surface area (TPSA) is 240 Å². The third kappa shape index (κ3) is 456. The summed E-state index contributed by atoms with van der Waals surface area (Å²) in [6.07, 6.45) is 0. The smallest absolute Gasteiger partial charge is 0.870 e. The Hall–Kier alpha value is 1.72. The fourth-order valence-electron chi connectivity index (χ4n) is 0. The third-order valence-electron chi connectivity index (χ3n) is 0. The Kier molecular flexibility index (Phi) is 37000. The van der Waals surface area contributed by atoms with E-state index in [9.17, 15) is 0 Å². The van der Waals surface area contributed by atoms with Crippen molar-refractivity contribution < 1.29 is 111 Å². The molecule has 8 N–H and O–H groups in total. The van der Waals surface area contributed by atoms with E-state index in [-0.39, 0.29) is 111 Å². The van der Waals surface area contributed by atoms with Crippen LogP contribution in [0.1, 0.15) is 0 Å². The Labute approximate surface area is 111 Å². The Balaban J connectivity index is 0. The van der Waals surface area contributed by atoms with Gasteiger partial charge in [0.05, 0.1) is 0 Å². The van der Waals surface area contributed by atoms with Gasteiger partial charge in [-0.2, -0.15) is 0 Å². The van der Waals surface area contributed by atoms with Crippen LogP contribution in [0.5, 0.6) is 0 Å². The zero-order chi connectivity index (χ0) is 0. The Morgan fingerprint density at radius 1 is 0.333 bits per heavy atom. The van der Waals surface area contributed by atoms with Crippen LogP contribution in [0.3, 0.4) is 0 Å². The molecule has 0 aliphatic carbocycles. The van der Waals surface area contributed by atoms with Crippen LogP contribution in [0.2, 0.25) is 0 Å². The van der Waals surface area contributed by atoms with Crippen molar-refractivity contribution in [2.45, 2.75) is 0 Å². The second-order valence-corrected chi connectivity index (χ2v) is 0. The van der Waals surface area contributed by atoms with Crippen molar-refractivity contribution in [3.63, 3.8) is 0 Å². The summed E-state index contributed by atoms with van der Waals surface area (Å²) in [5.74, 6) is 0. The molecule has 3 radical (unpaired) electrons. The van der Waals surface area contributed by atoms with Crippen molar-refractivity contribution >= 4 is 0 Å². The molecule has 0 aliphatic heterocycles. The third-order valence-corrected chi connectivity index (χ3v) is 0. The molecule has 8 nitrogen and oxygen atoms in total. The van der Waals surface area contributed by atoms with Gasteiger partial charge in [-0.15, -0.1) is 0 Å². The summed E-state index contributed by atoms with van der Waals surface area (Å²) in [4.78, 5) is 0. The summed E-state index contributed by atoms with van der Waals surface area (Å²) < 4.78 is 0. The molecule has 12 heavy (non-hydrogen) atoms. The van der Waals surface area contributed by atoms with Crippen LogP contribution in [0.4, 0.5) is 0 Å².